The van der Waals surface area contributed by atoms with E-state index in [2.05, 4.69) is 10.2 Å². The van der Waals surface area contributed by atoms with Gasteiger partial charge in [-0.2, -0.15) is 5.10 Å². The first-order valence-corrected chi connectivity index (χ1v) is 4.78. The van der Waals surface area contributed by atoms with E-state index in [1.54, 1.807) is 18.3 Å². The largest absolute Gasteiger partial charge is 0.387 e. The van der Waals surface area contributed by atoms with Gasteiger partial charge in [0.15, 0.2) is 0 Å². The summed E-state index contributed by atoms with van der Waals surface area (Å²) >= 11 is 0. The number of nitrogens with zero attached hydrogens (tertiary/aromatic N) is 1. The molecule has 0 fully saturated rings. The lowest BCUT2D eigenvalue weighted by Crippen LogP contribution is -2.12. The van der Waals surface area contributed by atoms with Crippen LogP contribution in [0.15, 0.2) is 30.5 Å². The molecular formula is C11H11FN4. The zero-order valence-electron chi connectivity index (χ0n) is 8.50. The van der Waals surface area contributed by atoms with Crippen LogP contribution >= 0.6 is 0 Å². The lowest BCUT2D eigenvalue weighted by molar-refractivity contribution is 0.628. The van der Waals surface area contributed by atoms with Crippen LogP contribution in [0.2, 0.25) is 0 Å². The monoisotopic (exact) mass is 218 g/mol. The molecule has 0 radical (unpaired) electrons. The van der Waals surface area contributed by atoms with Gasteiger partial charge in [-0.1, -0.05) is 0 Å². The number of aromatic amines is 1. The predicted molar refractivity (Wildman–Crippen MR) is 59.6 cm³/mol. The number of hydrogen-bond donors (Lipinski definition) is 3. The van der Waals surface area contributed by atoms with Crippen LogP contribution in [0, 0.1) is 11.2 Å². The normalized spacial score (nSPS) is 10.3. The summed E-state index contributed by atoms with van der Waals surface area (Å²) in [4.78, 5) is 0. The molecule has 4 N–H and O–H groups in total. The second-order valence-electron chi connectivity index (χ2n) is 3.48. The van der Waals surface area contributed by atoms with Crippen molar-refractivity contribution in [1.29, 1.82) is 5.41 Å². The first-order valence-electron chi connectivity index (χ1n) is 4.78. The molecule has 2 rings (SSSR count). The molecular weight excluding hydrogens is 207 g/mol. The van der Waals surface area contributed by atoms with Gasteiger partial charge in [0.2, 0.25) is 0 Å². The molecule has 82 valence electrons. The Morgan fingerprint density at radius 1 is 1.38 bits per heavy atom. The summed E-state index contributed by atoms with van der Waals surface area (Å²) in [5.74, 6) is -0.207. The lowest BCUT2D eigenvalue weighted by Gasteiger charge is -2.02. The van der Waals surface area contributed by atoms with Crippen LogP contribution < -0.4 is 5.73 Å². The molecule has 0 saturated heterocycles. The number of aromatic nitrogens is 2. The van der Waals surface area contributed by atoms with Crippen molar-refractivity contribution in [3.05, 3.63) is 41.8 Å². The van der Waals surface area contributed by atoms with Gasteiger partial charge in [-0.25, -0.2) is 4.39 Å². The third-order valence-corrected chi connectivity index (χ3v) is 2.23. The Hall–Kier alpha value is -2.17. The Kier molecular flexibility index (Phi) is 2.68. The fourth-order valence-electron chi connectivity index (χ4n) is 1.52. The number of hydrogen-bond acceptors (Lipinski definition) is 2. The van der Waals surface area contributed by atoms with Crippen molar-refractivity contribution in [1.82, 2.24) is 10.2 Å². The summed E-state index contributed by atoms with van der Waals surface area (Å²) in [6, 6.07) is 6.08. The van der Waals surface area contributed by atoms with Gasteiger partial charge in [0.25, 0.3) is 0 Å². The summed E-state index contributed by atoms with van der Waals surface area (Å²) in [7, 11) is 0. The van der Waals surface area contributed by atoms with Crippen molar-refractivity contribution < 1.29 is 4.39 Å². The molecule has 2 aromatic rings. The van der Waals surface area contributed by atoms with Crippen LogP contribution in [0.4, 0.5) is 4.39 Å². The molecule has 5 heteroatoms. The van der Waals surface area contributed by atoms with Crippen LogP contribution in [0.3, 0.4) is 0 Å². The average Bonchev–Trinajstić information content (AvgIpc) is 2.66. The van der Waals surface area contributed by atoms with E-state index in [1.807, 2.05) is 0 Å². The smallest absolute Gasteiger partial charge is 0.123 e. The SMILES string of the molecule is N=C(N)Cc1cn[nH]c1-c1ccc(F)cc1. The second-order valence-corrected chi connectivity index (χ2v) is 3.48. The minimum Gasteiger partial charge on any atom is -0.387 e. The van der Waals surface area contributed by atoms with Crippen molar-refractivity contribution in [3.63, 3.8) is 0 Å². The van der Waals surface area contributed by atoms with Crippen molar-refractivity contribution >= 4 is 5.84 Å². The van der Waals surface area contributed by atoms with E-state index in [0.717, 1.165) is 16.8 Å². The van der Waals surface area contributed by atoms with Gasteiger partial charge < -0.3 is 5.73 Å². The van der Waals surface area contributed by atoms with Gasteiger partial charge in [-0.3, -0.25) is 10.5 Å². The van der Waals surface area contributed by atoms with E-state index >= 15 is 0 Å². The summed E-state index contributed by atoms with van der Waals surface area (Å²) < 4.78 is 12.8. The minimum atomic E-state index is -0.281. The topological polar surface area (TPSA) is 78.6 Å². The number of halogens is 1. The summed E-state index contributed by atoms with van der Waals surface area (Å²) in [6.45, 7) is 0. The van der Waals surface area contributed by atoms with E-state index < -0.39 is 0 Å². The maximum absolute atomic E-state index is 12.8. The molecule has 0 aliphatic carbocycles. The Morgan fingerprint density at radius 3 is 2.69 bits per heavy atom. The number of nitrogens with one attached hydrogen (secondary N) is 2. The van der Waals surface area contributed by atoms with Crippen LogP contribution in [-0.4, -0.2) is 16.0 Å². The molecule has 1 aromatic heterocycles. The predicted octanol–water partition coefficient (Wildman–Crippen LogP) is 1.69. The van der Waals surface area contributed by atoms with Crippen molar-refractivity contribution in [2.45, 2.75) is 6.42 Å². The first-order chi connectivity index (χ1) is 7.66. The fourth-order valence-corrected chi connectivity index (χ4v) is 1.52. The van der Waals surface area contributed by atoms with E-state index in [4.69, 9.17) is 11.1 Å². The highest BCUT2D eigenvalue weighted by Crippen LogP contribution is 2.21. The first kappa shape index (κ1) is 10.4. The molecule has 4 nitrogen and oxygen atoms in total. The van der Waals surface area contributed by atoms with Gasteiger partial charge >= 0.3 is 0 Å². The van der Waals surface area contributed by atoms with E-state index in [0.29, 0.717) is 6.42 Å². The number of H-pyrrole nitrogens is 1. The van der Waals surface area contributed by atoms with E-state index in [9.17, 15) is 4.39 Å². The van der Waals surface area contributed by atoms with Crippen molar-refractivity contribution in [2.24, 2.45) is 5.73 Å². The van der Waals surface area contributed by atoms with Crippen molar-refractivity contribution in [2.75, 3.05) is 0 Å². The Bertz CT molecular complexity index is 501. The van der Waals surface area contributed by atoms with Crippen LogP contribution in [0.25, 0.3) is 11.3 Å². The Labute approximate surface area is 91.8 Å². The van der Waals surface area contributed by atoms with Crippen LogP contribution in [-0.2, 0) is 6.42 Å². The molecule has 1 aromatic carbocycles. The van der Waals surface area contributed by atoms with Gasteiger partial charge in [0.05, 0.1) is 17.7 Å². The quantitative estimate of drug-likeness (QED) is 0.541. The fraction of sp³-hybridized carbons (Fsp3) is 0.0909. The molecule has 0 atom stereocenters. The van der Waals surface area contributed by atoms with Gasteiger partial charge in [0.1, 0.15) is 5.82 Å². The Morgan fingerprint density at radius 2 is 2.06 bits per heavy atom. The van der Waals surface area contributed by atoms with E-state index in [-0.39, 0.29) is 11.7 Å². The molecule has 0 aliphatic heterocycles. The standard InChI is InChI=1S/C11H11FN4/c12-9-3-1-7(2-4-9)11-8(5-10(13)14)6-15-16-11/h1-4,6H,5H2,(H3,13,14)(H,15,16). The number of nitrogens with two attached hydrogens (primary N) is 1. The zero-order chi connectivity index (χ0) is 11.5. The maximum atomic E-state index is 12.8. The van der Waals surface area contributed by atoms with Crippen LogP contribution in [0.5, 0.6) is 0 Å². The number of amidine groups is 1. The van der Waals surface area contributed by atoms with Gasteiger partial charge in [-0.15, -0.1) is 0 Å². The van der Waals surface area contributed by atoms with Gasteiger partial charge in [0, 0.05) is 17.5 Å². The highest BCUT2D eigenvalue weighted by atomic mass is 19.1. The number of benzene rings is 1. The highest BCUT2D eigenvalue weighted by Gasteiger charge is 2.08. The molecule has 0 amide bonds. The highest BCUT2D eigenvalue weighted by molar-refractivity contribution is 5.81. The minimum absolute atomic E-state index is 0.0739. The zero-order valence-corrected chi connectivity index (χ0v) is 8.50. The molecule has 0 spiro atoms. The molecule has 0 bridgehead atoms. The van der Waals surface area contributed by atoms with Gasteiger partial charge in [-0.05, 0) is 24.3 Å². The maximum Gasteiger partial charge on any atom is 0.123 e. The lowest BCUT2D eigenvalue weighted by atomic mass is 10.1. The summed E-state index contributed by atoms with van der Waals surface area (Å²) in [6.07, 6.45) is 1.96. The number of rotatable bonds is 3. The summed E-state index contributed by atoms with van der Waals surface area (Å²) in [5.41, 5.74) is 7.77. The van der Waals surface area contributed by atoms with Crippen molar-refractivity contribution in [3.8, 4) is 11.3 Å². The molecule has 1 heterocycles. The molecule has 16 heavy (non-hydrogen) atoms. The molecule has 0 aliphatic rings. The Balaban J connectivity index is 2.36. The second kappa shape index (κ2) is 4.14. The average molecular weight is 218 g/mol. The molecule has 0 saturated carbocycles. The van der Waals surface area contributed by atoms with E-state index in [1.165, 1.54) is 12.1 Å². The third kappa shape index (κ3) is 2.08. The third-order valence-electron chi connectivity index (χ3n) is 2.23. The molecule has 0 unspecified atom stereocenters. The van der Waals surface area contributed by atoms with Crippen LogP contribution in [0.1, 0.15) is 5.56 Å². The summed E-state index contributed by atoms with van der Waals surface area (Å²) in [5, 5.41) is 14.0.